The summed E-state index contributed by atoms with van der Waals surface area (Å²) < 4.78 is 0. The molecule has 1 aliphatic rings. The van der Waals surface area contributed by atoms with E-state index >= 15 is 0 Å². The summed E-state index contributed by atoms with van der Waals surface area (Å²) in [5.74, 6) is -0.204. The van der Waals surface area contributed by atoms with Crippen LogP contribution >= 0.6 is 0 Å². The number of carbonyl (C=O) groups is 2. The highest BCUT2D eigenvalue weighted by Gasteiger charge is 2.53. The molecule has 142 valence electrons. The van der Waals surface area contributed by atoms with Crippen molar-refractivity contribution in [2.75, 3.05) is 26.2 Å². The molecule has 2 aromatic carbocycles. The monoisotopic (exact) mass is 365 g/mol. The van der Waals surface area contributed by atoms with E-state index in [2.05, 4.69) is 24.1 Å². The maximum absolute atomic E-state index is 13.5. The van der Waals surface area contributed by atoms with E-state index < -0.39 is 5.54 Å². The largest absolute Gasteiger partial charge is 0.325 e. The molecule has 1 fully saturated rings. The van der Waals surface area contributed by atoms with Crippen LogP contribution < -0.4 is 5.32 Å². The van der Waals surface area contributed by atoms with Gasteiger partial charge in [0.05, 0.1) is 0 Å². The Morgan fingerprint density at radius 1 is 0.889 bits per heavy atom. The Hall–Kier alpha value is -2.66. The van der Waals surface area contributed by atoms with Gasteiger partial charge < -0.3 is 10.2 Å². The Labute approximate surface area is 161 Å². The van der Waals surface area contributed by atoms with Gasteiger partial charge >= 0.3 is 6.03 Å². The van der Waals surface area contributed by atoms with Crippen molar-refractivity contribution in [1.82, 2.24) is 15.1 Å². The molecule has 0 aliphatic carbocycles. The minimum absolute atomic E-state index is 0.204. The molecule has 1 saturated heterocycles. The number of carbonyl (C=O) groups excluding carboxylic acids is 2. The summed E-state index contributed by atoms with van der Waals surface area (Å²) in [6.45, 7) is 7.46. The van der Waals surface area contributed by atoms with Gasteiger partial charge in [0.25, 0.3) is 5.91 Å². The molecule has 1 aliphatic heterocycles. The van der Waals surface area contributed by atoms with Crippen LogP contribution in [0.25, 0.3) is 0 Å². The summed E-state index contributed by atoms with van der Waals surface area (Å²) >= 11 is 0. The summed E-state index contributed by atoms with van der Waals surface area (Å²) in [4.78, 5) is 29.9. The van der Waals surface area contributed by atoms with Crippen LogP contribution in [0.4, 0.5) is 4.79 Å². The minimum Gasteiger partial charge on any atom is -0.315 e. The second kappa shape index (κ2) is 8.35. The first-order chi connectivity index (χ1) is 13.1. The Bertz CT molecular complexity index is 733. The SMILES string of the molecule is CCN(CC)CCCN1C(=O)NC(c2ccccc2)(c2ccccc2)C1=O. The van der Waals surface area contributed by atoms with Crippen molar-refractivity contribution >= 4 is 11.9 Å². The van der Waals surface area contributed by atoms with Crippen LogP contribution in [0.3, 0.4) is 0 Å². The third-order valence-electron chi connectivity index (χ3n) is 5.27. The highest BCUT2D eigenvalue weighted by Crippen LogP contribution is 2.35. The van der Waals surface area contributed by atoms with Gasteiger partial charge in [-0.3, -0.25) is 9.69 Å². The predicted molar refractivity (Wildman–Crippen MR) is 106 cm³/mol. The molecule has 27 heavy (non-hydrogen) atoms. The van der Waals surface area contributed by atoms with E-state index in [9.17, 15) is 9.59 Å². The van der Waals surface area contributed by atoms with Crippen LogP contribution in [-0.4, -0.2) is 47.9 Å². The van der Waals surface area contributed by atoms with Gasteiger partial charge in [-0.05, 0) is 37.2 Å². The Morgan fingerprint density at radius 3 is 1.89 bits per heavy atom. The number of imide groups is 1. The van der Waals surface area contributed by atoms with E-state index in [4.69, 9.17) is 0 Å². The first-order valence-corrected chi connectivity index (χ1v) is 9.61. The fourth-order valence-corrected chi connectivity index (χ4v) is 3.71. The topological polar surface area (TPSA) is 52.6 Å². The fraction of sp³-hybridized carbons (Fsp3) is 0.364. The van der Waals surface area contributed by atoms with Gasteiger partial charge in [-0.15, -0.1) is 0 Å². The van der Waals surface area contributed by atoms with Crippen molar-refractivity contribution in [2.24, 2.45) is 0 Å². The van der Waals surface area contributed by atoms with Crippen LogP contribution in [0.1, 0.15) is 31.4 Å². The van der Waals surface area contributed by atoms with E-state index in [0.29, 0.717) is 6.54 Å². The summed E-state index contributed by atoms with van der Waals surface area (Å²) in [6.07, 6.45) is 0.764. The van der Waals surface area contributed by atoms with Crippen molar-refractivity contribution in [2.45, 2.75) is 25.8 Å². The molecule has 3 rings (SSSR count). The van der Waals surface area contributed by atoms with E-state index in [1.165, 1.54) is 4.90 Å². The summed E-state index contributed by atoms with van der Waals surface area (Å²) in [7, 11) is 0. The zero-order valence-electron chi connectivity index (χ0n) is 16.0. The maximum atomic E-state index is 13.5. The quantitative estimate of drug-likeness (QED) is 0.731. The second-order valence-electron chi connectivity index (χ2n) is 6.75. The Morgan fingerprint density at radius 2 is 1.41 bits per heavy atom. The lowest BCUT2D eigenvalue weighted by atomic mass is 9.82. The molecular weight excluding hydrogens is 338 g/mol. The number of nitrogens with one attached hydrogen (secondary N) is 1. The van der Waals surface area contributed by atoms with Gasteiger partial charge in [-0.2, -0.15) is 0 Å². The molecular formula is C22H27N3O2. The molecule has 1 N–H and O–H groups in total. The van der Waals surface area contributed by atoms with Gasteiger partial charge in [0.15, 0.2) is 5.54 Å². The molecule has 0 atom stereocenters. The predicted octanol–water partition coefficient (Wildman–Crippen LogP) is 3.21. The number of nitrogens with zero attached hydrogens (tertiary/aromatic N) is 2. The summed E-state index contributed by atoms with van der Waals surface area (Å²) in [5, 5.41) is 2.99. The lowest BCUT2D eigenvalue weighted by molar-refractivity contribution is -0.130. The van der Waals surface area contributed by atoms with Gasteiger partial charge in [-0.1, -0.05) is 74.5 Å². The number of amides is 3. The van der Waals surface area contributed by atoms with Gasteiger partial charge in [0.1, 0.15) is 0 Å². The number of benzene rings is 2. The number of hydrogen-bond acceptors (Lipinski definition) is 3. The third kappa shape index (κ3) is 3.60. The third-order valence-corrected chi connectivity index (χ3v) is 5.27. The van der Waals surface area contributed by atoms with Crippen LogP contribution in [-0.2, 0) is 10.3 Å². The average molecular weight is 365 g/mol. The number of urea groups is 1. The Kier molecular flexibility index (Phi) is 5.91. The lowest BCUT2D eigenvalue weighted by Gasteiger charge is -2.28. The summed E-state index contributed by atoms with van der Waals surface area (Å²) in [6, 6.07) is 18.6. The molecule has 0 radical (unpaired) electrons. The van der Waals surface area contributed by atoms with E-state index in [1.807, 2.05) is 60.7 Å². The van der Waals surface area contributed by atoms with Gasteiger partial charge in [-0.25, -0.2) is 4.79 Å². The van der Waals surface area contributed by atoms with Crippen molar-refractivity contribution < 1.29 is 9.59 Å². The fourth-order valence-electron chi connectivity index (χ4n) is 3.71. The van der Waals surface area contributed by atoms with Crippen molar-refractivity contribution in [3.8, 4) is 0 Å². The van der Waals surface area contributed by atoms with Crippen molar-refractivity contribution in [3.05, 3.63) is 71.8 Å². The van der Waals surface area contributed by atoms with Gasteiger partial charge in [0, 0.05) is 6.54 Å². The second-order valence-corrected chi connectivity index (χ2v) is 6.75. The number of hydrogen-bond donors (Lipinski definition) is 1. The Balaban J connectivity index is 1.90. The van der Waals surface area contributed by atoms with Crippen LogP contribution in [0.2, 0.25) is 0 Å². The molecule has 0 aromatic heterocycles. The molecule has 0 bridgehead atoms. The van der Waals surface area contributed by atoms with Crippen molar-refractivity contribution in [3.63, 3.8) is 0 Å². The molecule has 3 amide bonds. The molecule has 0 saturated carbocycles. The van der Waals surface area contributed by atoms with Crippen LogP contribution in [0, 0.1) is 0 Å². The zero-order valence-corrected chi connectivity index (χ0v) is 16.0. The van der Waals surface area contributed by atoms with E-state index in [1.54, 1.807) is 0 Å². The molecule has 1 heterocycles. The highest BCUT2D eigenvalue weighted by molar-refractivity contribution is 6.09. The number of rotatable bonds is 8. The van der Waals surface area contributed by atoms with E-state index in [0.717, 1.165) is 37.2 Å². The highest BCUT2D eigenvalue weighted by atomic mass is 16.2. The first-order valence-electron chi connectivity index (χ1n) is 9.61. The normalized spacial score (nSPS) is 16.0. The molecule has 5 heteroatoms. The van der Waals surface area contributed by atoms with Crippen LogP contribution in [0.15, 0.2) is 60.7 Å². The van der Waals surface area contributed by atoms with Crippen molar-refractivity contribution in [1.29, 1.82) is 0 Å². The zero-order chi connectivity index (χ0) is 19.3. The van der Waals surface area contributed by atoms with Gasteiger partial charge in [0.2, 0.25) is 0 Å². The molecule has 2 aromatic rings. The summed E-state index contributed by atoms with van der Waals surface area (Å²) in [5.41, 5.74) is 0.399. The molecule has 5 nitrogen and oxygen atoms in total. The lowest BCUT2D eigenvalue weighted by Crippen LogP contribution is -2.45. The van der Waals surface area contributed by atoms with E-state index in [-0.39, 0.29) is 11.9 Å². The smallest absolute Gasteiger partial charge is 0.315 e. The average Bonchev–Trinajstić information content (AvgIpc) is 2.98. The molecule has 0 spiro atoms. The minimum atomic E-state index is -1.16. The standard InChI is InChI=1S/C22H27N3O2/c1-3-24(4-2)16-11-17-25-20(26)22(23-21(25)27,18-12-7-5-8-13-18)19-14-9-6-10-15-19/h5-10,12-15H,3-4,11,16-17H2,1-2H3,(H,23,27). The first kappa shape index (κ1) is 19.1. The molecule has 0 unspecified atom stereocenters. The van der Waals surface area contributed by atoms with Crippen LogP contribution in [0.5, 0.6) is 0 Å². The maximum Gasteiger partial charge on any atom is 0.325 e.